The van der Waals surface area contributed by atoms with Crippen molar-refractivity contribution in [2.24, 2.45) is 88.8 Å². The van der Waals surface area contributed by atoms with E-state index in [9.17, 15) is 0 Å². The summed E-state index contributed by atoms with van der Waals surface area (Å²) in [5.74, 6) is 16.6. The molecule has 0 heteroatoms. The molecule has 8 fully saturated rings. The van der Waals surface area contributed by atoms with E-state index in [2.05, 4.69) is 6.92 Å². The number of hydrogen-bond donors (Lipinski definition) is 0. The van der Waals surface area contributed by atoms with Crippen molar-refractivity contribution in [1.29, 1.82) is 0 Å². The van der Waals surface area contributed by atoms with Crippen LogP contribution >= 0.6 is 0 Å². The van der Waals surface area contributed by atoms with Crippen LogP contribution in [0, 0.1) is 88.8 Å². The van der Waals surface area contributed by atoms with Gasteiger partial charge in [0.2, 0.25) is 0 Å². The molecule has 8 saturated carbocycles. The third kappa shape index (κ3) is 7.95. The predicted octanol–water partition coefficient (Wildman–Crippen LogP) is 15.2. The summed E-state index contributed by atoms with van der Waals surface area (Å²) in [7, 11) is 0. The molecule has 8 aliphatic carbocycles. The molecule has 11 atom stereocenters. The number of unbranched alkanes of at least 4 members (excludes halogenated alkanes) is 1. The molecular formula is C49H84. The average molecular weight is 673 g/mol. The zero-order valence-electron chi connectivity index (χ0n) is 33.0. The standard InChI is InChI=1S/C49H84/c1-2-3-20-40(33-35-18-6-4-7-19-35)47-43-27-14-16-29-45(43)49(46-30-17-15-28-44(46)47)48(37-22-8-5-9-23-37)42-26-13-11-24-38(42)34-39-32-31-36-21-10-12-25-41(36)39/h35-49H,2-34H2,1H3. The molecule has 280 valence electrons. The first-order chi connectivity index (χ1) is 24.3. The lowest BCUT2D eigenvalue weighted by atomic mass is 9.43. The van der Waals surface area contributed by atoms with Crippen molar-refractivity contribution in [3.8, 4) is 0 Å². The summed E-state index contributed by atoms with van der Waals surface area (Å²) in [5.41, 5.74) is 0. The molecule has 0 aromatic carbocycles. The minimum absolute atomic E-state index is 1.07. The molecule has 11 unspecified atom stereocenters. The predicted molar refractivity (Wildman–Crippen MR) is 210 cm³/mol. The van der Waals surface area contributed by atoms with Gasteiger partial charge >= 0.3 is 0 Å². The number of hydrogen-bond acceptors (Lipinski definition) is 0. The minimum atomic E-state index is 1.07. The van der Waals surface area contributed by atoms with Crippen molar-refractivity contribution in [2.75, 3.05) is 0 Å². The molecule has 0 bridgehead atoms. The Morgan fingerprint density at radius 2 is 1.00 bits per heavy atom. The van der Waals surface area contributed by atoms with E-state index in [1.54, 1.807) is 193 Å². The van der Waals surface area contributed by atoms with Crippen LogP contribution in [0.4, 0.5) is 0 Å². The van der Waals surface area contributed by atoms with Gasteiger partial charge in [-0.15, -0.1) is 0 Å². The lowest BCUT2D eigenvalue weighted by molar-refractivity contribution is -0.135. The zero-order valence-corrected chi connectivity index (χ0v) is 33.0. The van der Waals surface area contributed by atoms with Crippen LogP contribution in [0.5, 0.6) is 0 Å². The highest BCUT2D eigenvalue weighted by atomic mass is 14.6. The third-order valence-electron chi connectivity index (χ3n) is 18.7. The number of rotatable bonds is 11. The lowest BCUT2D eigenvalue weighted by Gasteiger charge is -2.62. The summed E-state index contributed by atoms with van der Waals surface area (Å²) in [6.45, 7) is 2.50. The summed E-state index contributed by atoms with van der Waals surface area (Å²) in [5, 5.41) is 0. The molecule has 0 aromatic heterocycles. The van der Waals surface area contributed by atoms with Gasteiger partial charge < -0.3 is 0 Å². The van der Waals surface area contributed by atoms with Gasteiger partial charge in [-0.25, -0.2) is 0 Å². The normalized spacial score (nSPS) is 43.7. The molecule has 8 rings (SSSR count). The lowest BCUT2D eigenvalue weighted by Crippen LogP contribution is -2.55. The van der Waals surface area contributed by atoms with Gasteiger partial charge in [-0.3, -0.25) is 0 Å². The van der Waals surface area contributed by atoms with Crippen LogP contribution in [0.15, 0.2) is 0 Å². The molecule has 49 heavy (non-hydrogen) atoms. The van der Waals surface area contributed by atoms with E-state index < -0.39 is 0 Å². The van der Waals surface area contributed by atoms with Crippen LogP contribution < -0.4 is 0 Å². The molecule has 0 aliphatic heterocycles. The molecule has 0 N–H and O–H groups in total. The van der Waals surface area contributed by atoms with Gasteiger partial charge in [-0.05, 0) is 153 Å². The minimum Gasteiger partial charge on any atom is -0.0654 e. The van der Waals surface area contributed by atoms with Gasteiger partial charge in [-0.1, -0.05) is 155 Å². The van der Waals surface area contributed by atoms with Crippen molar-refractivity contribution in [3.63, 3.8) is 0 Å². The molecule has 0 aromatic rings. The molecular weight excluding hydrogens is 589 g/mol. The molecule has 8 aliphatic rings. The second-order valence-electron chi connectivity index (χ2n) is 21.0. The highest BCUT2D eigenvalue weighted by Crippen LogP contribution is 2.64. The van der Waals surface area contributed by atoms with Crippen molar-refractivity contribution in [1.82, 2.24) is 0 Å². The third-order valence-corrected chi connectivity index (χ3v) is 18.7. The van der Waals surface area contributed by atoms with Crippen molar-refractivity contribution < 1.29 is 0 Å². The van der Waals surface area contributed by atoms with E-state index in [4.69, 9.17) is 0 Å². The first-order valence-corrected chi connectivity index (χ1v) is 24.3. The topological polar surface area (TPSA) is 0 Å². The van der Waals surface area contributed by atoms with Crippen LogP contribution in [0.3, 0.4) is 0 Å². The summed E-state index contributed by atoms with van der Waals surface area (Å²) in [4.78, 5) is 0. The van der Waals surface area contributed by atoms with Gasteiger partial charge in [0.15, 0.2) is 0 Å². The van der Waals surface area contributed by atoms with Crippen LogP contribution in [-0.2, 0) is 0 Å². The second kappa shape index (κ2) is 17.4. The van der Waals surface area contributed by atoms with Gasteiger partial charge in [0.1, 0.15) is 0 Å². The second-order valence-corrected chi connectivity index (χ2v) is 21.0. The highest BCUT2D eigenvalue weighted by Gasteiger charge is 2.57. The average Bonchev–Trinajstić information content (AvgIpc) is 3.57. The quantitative estimate of drug-likeness (QED) is 0.205. The van der Waals surface area contributed by atoms with Crippen molar-refractivity contribution in [2.45, 2.75) is 219 Å². The van der Waals surface area contributed by atoms with E-state index in [1.807, 2.05) is 0 Å². The first kappa shape index (κ1) is 36.0. The van der Waals surface area contributed by atoms with Crippen LogP contribution in [0.25, 0.3) is 0 Å². The number of fused-ring (bicyclic) bond motifs is 3. The Bertz CT molecular complexity index is 945. The Kier molecular flexibility index (Phi) is 12.8. The zero-order chi connectivity index (χ0) is 33.0. The molecule has 0 heterocycles. The van der Waals surface area contributed by atoms with Crippen molar-refractivity contribution in [3.05, 3.63) is 0 Å². The van der Waals surface area contributed by atoms with Crippen LogP contribution in [0.2, 0.25) is 0 Å². The molecule has 0 spiro atoms. The maximum Gasteiger partial charge on any atom is -0.0318 e. The summed E-state index contributed by atoms with van der Waals surface area (Å²) in [6.07, 6.45) is 52.4. The Morgan fingerprint density at radius 1 is 0.449 bits per heavy atom. The molecule has 0 nitrogen and oxygen atoms in total. The van der Waals surface area contributed by atoms with E-state index in [-0.39, 0.29) is 0 Å². The molecule has 0 saturated heterocycles. The van der Waals surface area contributed by atoms with Gasteiger partial charge in [0.25, 0.3) is 0 Å². The van der Waals surface area contributed by atoms with E-state index in [1.165, 1.54) is 19.3 Å². The Morgan fingerprint density at radius 3 is 1.67 bits per heavy atom. The monoisotopic (exact) mass is 673 g/mol. The Labute approximate surface area is 306 Å². The maximum atomic E-state index is 2.50. The summed E-state index contributed by atoms with van der Waals surface area (Å²) < 4.78 is 0. The van der Waals surface area contributed by atoms with Gasteiger partial charge in [0, 0.05) is 0 Å². The van der Waals surface area contributed by atoms with Crippen LogP contribution in [-0.4, -0.2) is 0 Å². The first-order valence-electron chi connectivity index (χ1n) is 24.3. The van der Waals surface area contributed by atoms with E-state index in [0.717, 1.165) is 88.8 Å². The summed E-state index contributed by atoms with van der Waals surface area (Å²) in [6, 6.07) is 0. The fourth-order valence-corrected chi connectivity index (χ4v) is 17.0. The Hall–Kier alpha value is 0. The largest absolute Gasteiger partial charge is 0.0654 e. The van der Waals surface area contributed by atoms with E-state index in [0.29, 0.717) is 0 Å². The molecule has 0 radical (unpaired) electrons. The fourth-order valence-electron chi connectivity index (χ4n) is 17.0. The van der Waals surface area contributed by atoms with Crippen molar-refractivity contribution >= 4 is 0 Å². The highest BCUT2D eigenvalue weighted by molar-refractivity contribution is 5.06. The van der Waals surface area contributed by atoms with E-state index >= 15 is 0 Å². The molecule has 0 amide bonds. The SMILES string of the molecule is CCCCC(CC1CCCCC1)C1C2CCCCC2C(C(C2CCCCC2)C2CCCCC2CC2CCC3CCCCC32)C2CCCCC21. The van der Waals surface area contributed by atoms with Gasteiger partial charge in [-0.2, -0.15) is 0 Å². The van der Waals surface area contributed by atoms with Crippen LogP contribution in [0.1, 0.15) is 219 Å². The maximum absolute atomic E-state index is 2.50. The fraction of sp³-hybridized carbons (Fsp3) is 1.00. The smallest absolute Gasteiger partial charge is 0.0318 e. The summed E-state index contributed by atoms with van der Waals surface area (Å²) >= 11 is 0. The Balaban J connectivity index is 1.12. The van der Waals surface area contributed by atoms with Gasteiger partial charge in [0.05, 0.1) is 0 Å².